The lowest BCUT2D eigenvalue weighted by Crippen LogP contribution is -1.98. The molecule has 0 atom stereocenters. The molecule has 0 bridgehead atoms. The van der Waals surface area contributed by atoms with E-state index < -0.39 is 0 Å². The number of nitrogens with zero attached hydrogens (tertiary/aromatic N) is 1. The van der Waals surface area contributed by atoms with Crippen LogP contribution in [0.5, 0.6) is 0 Å². The molecule has 0 heterocycles. The Morgan fingerprint density at radius 2 is 1.94 bits per heavy atom. The lowest BCUT2D eigenvalue weighted by Gasteiger charge is -2.06. The molecule has 1 N–H and O–H groups in total. The van der Waals surface area contributed by atoms with Crippen LogP contribution in [0.25, 0.3) is 6.08 Å². The molecule has 16 heavy (non-hydrogen) atoms. The first-order chi connectivity index (χ1) is 7.56. The Labute approximate surface area is 96.6 Å². The van der Waals surface area contributed by atoms with E-state index in [1.165, 1.54) is 5.56 Å². The zero-order valence-electron chi connectivity index (χ0n) is 9.99. The van der Waals surface area contributed by atoms with Crippen molar-refractivity contribution in [3.63, 3.8) is 0 Å². The summed E-state index contributed by atoms with van der Waals surface area (Å²) in [6.45, 7) is 9.60. The lowest BCUT2D eigenvalue weighted by atomic mass is 9.99. The molecule has 1 rings (SSSR count). The number of hydrogen-bond donors (Lipinski definition) is 1. The van der Waals surface area contributed by atoms with Crippen molar-refractivity contribution >= 4 is 11.8 Å². The maximum absolute atomic E-state index is 8.81. The van der Waals surface area contributed by atoms with Gasteiger partial charge in [-0.15, -0.1) is 0 Å². The first-order valence-corrected chi connectivity index (χ1v) is 5.18. The monoisotopic (exact) mass is 215 g/mol. The molecule has 2 nitrogen and oxygen atoms in total. The predicted octanol–water partition coefficient (Wildman–Crippen LogP) is 3.80. The fourth-order valence-electron chi connectivity index (χ4n) is 1.49. The zero-order chi connectivity index (χ0) is 12.1. The molecule has 84 valence electrons. The fourth-order valence-corrected chi connectivity index (χ4v) is 1.49. The van der Waals surface area contributed by atoms with E-state index in [9.17, 15) is 0 Å². The normalized spacial score (nSPS) is 12.7. The van der Waals surface area contributed by atoms with E-state index >= 15 is 0 Å². The summed E-state index contributed by atoms with van der Waals surface area (Å²) in [5.41, 5.74) is 4.64. The van der Waals surface area contributed by atoms with Gasteiger partial charge in [0.1, 0.15) is 0 Å². The van der Waals surface area contributed by atoms with Gasteiger partial charge in [-0.1, -0.05) is 36.0 Å². The molecule has 0 aliphatic carbocycles. The van der Waals surface area contributed by atoms with Gasteiger partial charge in [-0.3, -0.25) is 0 Å². The third kappa shape index (κ3) is 2.83. The van der Waals surface area contributed by atoms with Crippen molar-refractivity contribution in [2.24, 2.45) is 5.16 Å². The smallest absolute Gasteiger partial charge is 0.0839 e. The van der Waals surface area contributed by atoms with E-state index in [4.69, 9.17) is 5.21 Å². The van der Waals surface area contributed by atoms with Gasteiger partial charge >= 0.3 is 0 Å². The predicted molar refractivity (Wildman–Crippen MR) is 68.9 cm³/mol. The molecule has 0 aromatic heterocycles. The first kappa shape index (κ1) is 12.2. The van der Waals surface area contributed by atoms with Gasteiger partial charge in [0.25, 0.3) is 0 Å². The molecule has 1 aromatic carbocycles. The summed E-state index contributed by atoms with van der Waals surface area (Å²) in [5, 5.41) is 12.0. The zero-order valence-corrected chi connectivity index (χ0v) is 9.99. The fraction of sp³-hybridized carbons (Fsp3) is 0.214. The van der Waals surface area contributed by atoms with Gasteiger partial charge in [0, 0.05) is 5.57 Å². The van der Waals surface area contributed by atoms with Crippen molar-refractivity contribution in [3.8, 4) is 0 Å². The van der Waals surface area contributed by atoms with E-state index in [0.717, 1.165) is 16.7 Å². The minimum absolute atomic E-state index is 0.579. The van der Waals surface area contributed by atoms with Gasteiger partial charge in [0.05, 0.1) is 5.71 Å². The van der Waals surface area contributed by atoms with Crippen LogP contribution in [0, 0.1) is 6.92 Å². The van der Waals surface area contributed by atoms with Crippen LogP contribution in [0.15, 0.2) is 47.1 Å². The molecule has 0 saturated carbocycles. The van der Waals surface area contributed by atoms with Gasteiger partial charge in [0.15, 0.2) is 0 Å². The second kappa shape index (κ2) is 5.31. The van der Waals surface area contributed by atoms with Crippen LogP contribution in [0.3, 0.4) is 0 Å². The second-order valence-corrected chi connectivity index (χ2v) is 3.88. The summed E-state index contributed by atoms with van der Waals surface area (Å²) in [5.74, 6) is 0. The number of rotatable bonds is 3. The molecule has 0 aliphatic rings. The van der Waals surface area contributed by atoms with E-state index in [1.54, 1.807) is 6.92 Å². The molecule has 0 unspecified atom stereocenters. The standard InChI is InChI=1S/C14H17NO/c1-10(2)14(12(4)15-16)9-13-8-6-5-7-11(13)3/h5-9,16H,1H2,2-4H3/b14-9+,15-12-. The summed E-state index contributed by atoms with van der Waals surface area (Å²) in [7, 11) is 0. The molecule has 0 aliphatic heterocycles. The van der Waals surface area contributed by atoms with Crippen molar-refractivity contribution in [1.29, 1.82) is 0 Å². The minimum atomic E-state index is 0.579. The molecular weight excluding hydrogens is 198 g/mol. The maximum atomic E-state index is 8.81. The number of benzene rings is 1. The average Bonchev–Trinajstić information content (AvgIpc) is 2.26. The van der Waals surface area contributed by atoms with Crippen LogP contribution in [0.1, 0.15) is 25.0 Å². The number of hydrogen-bond acceptors (Lipinski definition) is 2. The highest BCUT2D eigenvalue weighted by Crippen LogP contribution is 2.17. The van der Waals surface area contributed by atoms with Crippen LogP contribution in [-0.2, 0) is 0 Å². The van der Waals surface area contributed by atoms with Gasteiger partial charge in [-0.05, 0) is 43.5 Å². The molecule has 2 heteroatoms. The number of allylic oxidation sites excluding steroid dienone is 2. The van der Waals surface area contributed by atoms with Crippen molar-refractivity contribution in [3.05, 3.63) is 53.1 Å². The summed E-state index contributed by atoms with van der Waals surface area (Å²) in [6.07, 6.45) is 1.99. The Balaban J connectivity index is 3.24. The Kier molecular flexibility index (Phi) is 4.06. The van der Waals surface area contributed by atoms with Gasteiger partial charge < -0.3 is 5.21 Å². The Morgan fingerprint density at radius 3 is 2.44 bits per heavy atom. The molecule has 0 amide bonds. The highest BCUT2D eigenvalue weighted by atomic mass is 16.4. The number of oxime groups is 1. The van der Waals surface area contributed by atoms with E-state index in [1.807, 2.05) is 44.2 Å². The molecule has 0 saturated heterocycles. The van der Waals surface area contributed by atoms with Gasteiger partial charge in [-0.2, -0.15) is 0 Å². The highest BCUT2D eigenvalue weighted by Gasteiger charge is 2.04. The highest BCUT2D eigenvalue weighted by molar-refractivity contribution is 6.05. The quantitative estimate of drug-likeness (QED) is 0.353. The first-order valence-electron chi connectivity index (χ1n) is 5.18. The summed E-state index contributed by atoms with van der Waals surface area (Å²) >= 11 is 0. The van der Waals surface area contributed by atoms with Crippen LogP contribution in [0.2, 0.25) is 0 Å². The third-order valence-corrected chi connectivity index (χ3v) is 2.49. The van der Waals surface area contributed by atoms with Gasteiger partial charge in [-0.25, -0.2) is 0 Å². The van der Waals surface area contributed by atoms with Crippen molar-refractivity contribution < 1.29 is 5.21 Å². The largest absolute Gasteiger partial charge is 0.411 e. The number of aryl methyl sites for hydroxylation is 1. The topological polar surface area (TPSA) is 32.6 Å². The third-order valence-electron chi connectivity index (χ3n) is 2.49. The van der Waals surface area contributed by atoms with E-state index in [-0.39, 0.29) is 0 Å². The Bertz CT molecular complexity index is 456. The SMILES string of the molecule is C=C(C)C(=C\c1ccccc1C)/C(C)=N\O. The summed E-state index contributed by atoms with van der Waals surface area (Å²) < 4.78 is 0. The van der Waals surface area contributed by atoms with Crippen LogP contribution in [-0.4, -0.2) is 10.9 Å². The Hall–Kier alpha value is -1.83. The molecule has 1 aromatic rings. The molecular formula is C14H17NO. The van der Waals surface area contributed by atoms with E-state index in [2.05, 4.69) is 11.7 Å². The Morgan fingerprint density at radius 1 is 1.31 bits per heavy atom. The van der Waals surface area contributed by atoms with Crippen molar-refractivity contribution in [2.75, 3.05) is 0 Å². The van der Waals surface area contributed by atoms with Crippen LogP contribution < -0.4 is 0 Å². The lowest BCUT2D eigenvalue weighted by molar-refractivity contribution is 0.319. The van der Waals surface area contributed by atoms with Crippen molar-refractivity contribution in [1.82, 2.24) is 0 Å². The van der Waals surface area contributed by atoms with Crippen LogP contribution in [0.4, 0.5) is 0 Å². The minimum Gasteiger partial charge on any atom is -0.411 e. The summed E-state index contributed by atoms with van der Waals surface area (Å²) in [6, 6.07) is 8.07. The van der Waals surface area contributed by atoms with Gasteiger partial charge in [0.2, 0.25) is 0 Å². The van der Waals surface area contributed by atoms with Crippen molar-refractivity contribution in [2.45, 2.75) is 20.8 Å². The van der Waals surface area contributed by atoms with E-state index in [0.29, 0.717) is 5.71 Å². The molecule has 0 fully saturated rings. The second-order valence-electron chi connectivity index (χ2n) is 3.88. The molecule has 0 radical (unpaired) electrons. The molecule has 0 spiro atoms. The van der Waals surface area contributed by atoms with Crippen LogP contribution >= 0.6 is 0 Å². The maximum Gasteiger partial charge on any atom is 0.0839 e. The average molecular weight is 215 g/mol. The summed E-state index contributed by atoms with van der Waals surface area (Å²) in [4.78, 5) is 0.